The van der Waals surface area contributed by atoms with E-state index in [1.54, 1.807) is 12.1 Å². The molecule has 3 N–H and O–H groups in total. The summed E-state index contributed by atoms with van der Waals surface area (Å²) in [6.45, 7) is 4.43. The molecule has 0 heterocycles. The average Bonchev–Trinajstić information content (AvgIpc) is 2.17. The van der Waals surface area contributed by atoms with Crippen molar-refractivity contribution in [2.75, 3.05) is 12.3 Å². The monoisotopic (exact) mass is 190 g/mol. The highest BCUT2D eigenvalue weighted by Crippen LogP contribution is 2.14. The number of nitrogens with two attached hydrogens (primary N) is 1. The fourth-order valence-electron chi connectivity index (χ4n) is 0.869. The molecule has 1 aromatic carbocycles. The van der Waals surface area contributed by atoms with Gasteiger partial charge in [0.1, 0.15) is 12.4 Å². The molecule has 0 spiro atoms. The number of nitrogen functional groups attached to an aromatic ring is 1. The topological polar surface area (TPSA) is 47.3 Å². The Hall–Kier alpha value is -1.16. The first kappa shape index (κ1) is 10.9. The summed E-state index contributed by atoms with van der Waals surface area (Å²) in [7, 11) is 5.34. The number of hydrogen-bond acceptors (Lipinski definition) is 3. The molecule has 0 aromatic heterocycles. The second-order valence-electron chi connectivity index (χ2n) is 3.89. The van der Waals surface area contributed by atoms with Gasteiger partial charge in [-0.05, 0) is 38.1 Å². The molecule has 0 atom stereocenters. The summed E-state index contributed by atoms with van der Waals surface area (Å²) in [4.78, 5) is 0. The van der Waals surface area contributed by atoms with E-state index in [-0.39, 0.29) is 5.54 Å². The Morgan fingerprint density at radius 3 is 2.43 bits per heavy atom. The van der Waals surface area contributed by atoms with Crippen molar-refractivity contribution >= 4 is 13.7 Å². The quantitative estimate of drug-likeness (QED) is 0.552. The van der Waals surface area contributed by atoms with E-state index >= 15 is 0 Å². The van der Waals surface area contributed by atoms with E-state index in [0.717, 1.165) is 11.4 Å². The summed E-state index contributed by atoms with van der Waals surface area (Å²) in [5.74, 6) is 0.794. The van der Waals surface area contributed by atoms with Crippen LogP contribution in [0.25, 0.3) is 0 Å². The molecule has 0 unspecified atom stereocenters. The molecule has 74 valence electrons. The zero-order chi connectivity index (χ0) is 10.6. The van der Waals surface area contributed by atoms with Crippen molar-refractivity contribution in [3.8, 4) is 5.75 Å². The lowest BCUT2D eigenvalue weighted by Gasteiger charge is -2.24. The standard InChI is InChI=1S/C10H15BN2O/c1-10(2,13-11)7-14-9-5-3-8(12)4-6-9/h3-6,13H,7,12H2,1-2H3. The highest BCUT2D eigenvalue weighted by atomic mass is 16.5. The highest BCUT2D eigenvalue weighted by Gasteiger charge is 2.14. The number of hydrogen-bond donors (Lipinski definition) is 2. The number of benzene rings is 1. The molecule has 0 fully saturated rings. The highest BCUT2D eigenvalue weighted by molar-refractivity contribution is 6.04. The first-order valence-electron chi connectivity index (χ1n) is 4.50. The predicted octanol–water partition coefficient (Wildman–Crippen LogP) is 1.10. The molecule has 0 saturated carbocycles. The second-order valence-corrected chi connectivity index (χ2v) is 3.89. The largest absolute Gasteiger partial charge is 0.492 e. The lowest BCUT2D eigenvalue weighted by molar-refractivity contribution is 0.231. The normalized spacial score (nSPS) is 11.3. The van der Waals surface area contributed by atoms with E-state index in [0.29, 0.717) is 6.61 Å². The van der Waals surface area contributed by atoms with E-state index in [1.165, 1.54) is 0 Å². The summed E-state index contributed by atoms with van der Waals surface area (Å²) >= 11 is 0. The van der Waals surface area contributed by atoms with Gasteiger partial charge in [0.2, 0.25) is 0 Å². The van der Waals surface area contributed by atoms with Crippen molar-refractivity contribution in [2.24, 2.45) is 0 Å². The fraction of sp³-hybridized carbons (Fsp3) is 0.400. The lowest BCUT2D eigenvalue weighted by Crippen LogP contribution is -2.42. The van der Waals surface area contributed by atoms with Crippen molar-refractivity contribution in [3.05, 3.63) is 24.3 Å². The van der Waals surface area contributed by atoms with Crippen LogP contribution in [-0.4, -0.2) is 20.1 Å². The molecule has 2 radical (unpaired) electrons. The van der Waals surface area contributed by atoms with Gasteiger partial charge in [0.05, 0.1) is 0 Å². The smallest absolute Gasteiger partial charge is 0.178 e. The van der Waals surface area contributed by atoms with Gasteiger partial charge in [-0.1, -0.05) is 0 Å². The Kier molecular flexibility index (Phi) is 3.41. The summed E-state index contributed by atoms with van der Waals surface area (Å²) in [6, 6.07) is 7.28. The summed E-state index contributed by atoms with van der Waals surface area (Å²) < 4.78 is 5.52. The predicted molar refractivity (Wildman–Crippen MR) is 59.3 cm³/mol. The van der Waals surface area contributed by atoms with Crippen LogP contribution in [-0.2, 0) is 0 Å². The molecule has 0 aliphatic heterocycles. The van der Waals surface area contributed by atoms with Gasteiger partial charge in [0, 0.05) is 11.2 Å². The van der Waals surface area contributed by atoms with Gasteiger partial charge in [-0.3, -0.25) is 0 Å². The van der Waals surface area contributed by atoms with E-state index < -0.39 is 0 Å². The third-order valence-corrected chi connectivity index (χ3v) is 1.87. The third kappa shape index (κ3) is 3.30. The molecule has 0 aliphatic rings. The van der Waals surface area contributed by atoms with Gasteiger partial charge in [-0.2, -0.15) is 0 Å². The molecule has 3 nitrogen and oxygen atoms in total. The minimum atomic E-state index is -0.235. The Morgan fingerprint density at radius 2 is 1.93 bits per heavy atom. The van der Waals surface area contributed by atoms with Crippen LogP contribution in [0.1, 0.15) is 13.8 Å². The van der Waals surface area contributed by atoms with Crippen molar-refractivity contribution in [3.63, 3.8) is 0 Å². The Bertz CT molecular complexity index is 285. The lowest BCUT2D eigenvalue weighted by atomic mass is 10.0. The minimum Gasteiger partial charge on any atom is -0.492 e. The molecular formula is C10H15BN2O. The molecule has 0 saturated heterocycles. The molecule has 0 amide bonds. The molecule has 0 aliphatic carbocycles. The first-order valence-corrected chi connectivity index (χ1v) is 4.50. The van der Waals surface area contributed by atoms with Gasteiger partial charge in [0.15, 0.2) is 7.98 Å². The number of ether oxygens (including phenoxy) is 1. The molecule has 14 heavy (non-hydrogen) atoms. The van der Waals surface area contributed by atoms with Crippen LogP contribution in [0, 0.1) is 0 Å². The first-order chi connectivity index (χ1) is 6.53. The zero-order valence-corrected chi connectivity index (χ0v) is 8.58. The van der Waals surface area contributed by atoms with Gasteiger partial charge >= 0.3 is 0 Å². The molecular weight excluding hydrogens is 175 g/mol. The van der Waals surface area contributed by atoms with Crippen LogP contribution in [0.2, 0.25) is 0 Å². The van der Waals surface area contributed by atoms with E-state index in [4.69, 9.17) is 18.5 Å². The number of rotatable bonds is 4. The minimum absolute atomic E-state index is 0.235. The average molecular weight is 190 g/mol. The number of anilines is 1. The van der Waals surface area contributed by atoms with E-state index in [9.17, 15) is 0 Å². The summed E-state index contributed by atoms with van der Waals surface area (Å²) in [5, 5.41) is 2.67. The van der Waals surface area contributed by atoms with Gasteiger partial charge in [-0.25, -0.2) is 0 Å². The maximum Gasteiger partial charge on any atom is 0.178 e. The Morgan fingerprint density at radius 1 is 1.36 bits per heavy atom. The SMILES string of the molecule is [B]NC(C)(C)COc1ccc(N)cc1. The van der Waals surface area contributed by atoms with Crippen molar-refractivity contribution in [1.29, 1.82) is 0 Å². The summed E-state index contributed by atoms with van der Waals surface area (Å²) in [6.07, 6.45) is 0. The van der Waals surface area contributed by atoms with Crippen LogP contribution < -0.4 is 15.7 Å². The van der Waals surface area contributed by atoms with E-state index in [2.05, 4.69) is 5.23 Å². The van der Waals surface area contributed by atoms with Crippen molar-refractivity contribution < 1.29 is 4.74 Å². The second kappa shape index (κ2) is 4.37. The third-order valence-electron chi connectivity index (χ3n) is 1.87. The van der Waals surface area contributed by atoms with Crippen molar-refractivity contribution in [1.82, 2.24) is 5.23 Å². The van der Waals surface area contributed by atoms with Crippen LogP contribution >= 0.6 is 0 Å². The maximum absolute atomic E-state index is 5.55. The van der Waals surface area contributed by atoms with Crippen LogP contribution in [0.4, 0.5) is 5.69 Å². The van der Waals surface area contributed by atoms with E-state index in [1.807, 2.05) is 26.0 Å². The Balaban J connectivity index is 2.50. The fourth-order valence-corrected chi connectivity index (χ4v) is 0.869. The van der Waals surface area contributed by atoms with Crippen molar-refractivity contribution in [2.45, 2.75) is 19.4 Å². The Labute approximate surface area is 86.1 Å². The maximum atomic E-state index is 5.55. The molecule has 1 aromatic rings. The molecule has 0 bridgehead atoms. The zero-order valence-electron chi connectivity index (χ0n) is 8.58. The van der Waals surface area contributed by atoms with Gasteiger partial charge in [0.25, 0.3) is 0 Å². The molecule has 4 heteroatoms. The van der Waals surface area contributed by atoms with Crippen LogP contribution in [0.3, 0.4) is 0 Å². The number of nitrogens with one attached hydrogen (secondary N) is 1. The summed E-state index contributed by atoms with van der Waals surface area (Å²) in [5.41, 5.74) is 6.04. The van der Waals surface area contributed by atoms with Gasteiger partial charge in [-0.15, -0.1) is 0 Å². The van der Waals surface area contributed by atoms with Crippen LogP contribution in [0.15, 0.2) is 24.3 Å². The van der Waals surface area contributed by atoms with Crippen LogP contribution in [0.5, 0.6) is 5.75 Å². The van der Waals surface area contributed by atoms with Gasteiger partial charge < -0.3 is 15.7 Å². The molecule has 1 rings (SSSR count).